The molecule has 0 bridgehead atoms. The molecular formula is C30H29N7O3. The fourth-order valence-electron chi connectivity index (χ4n) is 4.52. The van der Waals surface area contributed by atoms with Gasteiger partial charge in [-0.2, -0.15) is 0 Å². The minimum absolute atomic E-state index is 0.176. The summed E-state index contributed by atoms with van der Waals surface area (Å²) in [6.45, 7) is 1.66. The third kappa shape index (κ3) is 6.91. The Balaban J connectivity index is 1.43. The molecule has 1 amide bonds. The first-order valence-electron chi connectivity index (χ1n) is 13.0. The van der Waals surface area contributed by atoms with Gasteiger partial charge < -0.3 is 21.1 Å². The molecule has 5 rings (SSSR count). The second kappa shape index (κ2) is 12.7. The Bertz CT molecular complexity index is 1510. The normalized spacial score (nSPS) is 13.7. The minimum atomic E-state index is -1.02. The Morgan fingerprint density at radius 1 is 1.00 bits per heavy atom. The summed E-state index contributed by atoms with van der Waals surface area (Å²) in [5.41, 5.74) is 4.61. The molecule has 4 N–H and O–H groups in total. The second-order valence-corrected chi connectivity index (χ2v) is 9.40. The molecule has 0 saturated heterocycles. The van der Waals surface area contributed by atoms with Crippen LogP contribution in [0.1, 0.15) is 24.1 Å². The quantitative estimate of drug-likeness (QED) is 0.233. The highest BCUT2D eigenvalue weighted by Crippen LogP contribution is 2.31. The summed E-state index contributed by atoms with van der Waals surface area (Å²) in [5, 5.41) is 19.1. The number of aliphatic carboxylic acids is 1. The van der Waals surface area contributed by atoms with Crippen molar-refractivity contribution >= 4 is 34.8 Å². The lowest BCUT2D eigenvalue weighted by molar-refractivity contribution is -0.143. The van der Waals surface area contributed by atoms with Gasteiger partial charge in [0.05, 0.1) is 29.2 Å². The fraction of sp³-hybridized carbons (Fsp3) is 0.200. The first-order chi connectivity index (χ1) is 19.5. The van der Waals surface area contributed by atoms with E-state index in [1.807, 2.05) is 42.5 Å². The Labute approximate surface area is 231 Å². The van der Waals surface area contributed by atoms with Gasteiger partial charge in [0.15, 0.2) is 0 Å². The molecular weight excluding hydrogens is 506 g/mol. The van der Waals surface area contributed by atoms with Crippen LogP contribution >= 0.6 is 0 Å². The van der Waals surface area contributed by atoms with E-state index in [1.165, 1.54) is 0 Å². The van der Waals surface area contributed by atoms with E-state index in [9.17, 15) is 14.7 Å². The lowest BCUT2D eigenvalue weighted by atomic mass is 9.96. The van der Waals surface area contributed by atoms with E-state index in [0.29, 0.717) is 23.0 Å². The zero-order chi connectivity index (χ0) is 27.7. The molecule has 1 aliphatic heterocycles. The van der Waals surface area contributed by atoms with Crippen LogP contribution in [-0.2, 0) is 16.0 Å². The van der Waals surface area contributed by atoms with Gasteiger partial charge in [-0.05, 0) is 54.8 Å². The Kier molecular flexibility index (Phi) is 8.47. The molecule has 0 saturated carbocycles. The Morgan fingerprint density at radius 3 is 2.62 bits per heavy atom. The van der Waals surface area contributed by atoms with Crippen molar-refractivity contribution in [2.75, 3.05) is 23.7 Å². The number of hydrogen-bond donors (Lipinski definition) is 4. The maximum absolute atomic E-state index is 13.1. The van der Waals surface area contributed by atoms with Gasteiger partial charge in [0, 0.05) is 37.1 Å². The molecule has 1 aromatic carbocycles. The maximum atomic E-state index is 13.1. The lowest BCUT2D eigenvalue weighted by Crippen LogP contribution is -2.24. The highest BCUT2D eigenvalue weighted by molar-refractivity contribution is 5.96. The average Bonchev–Trinajstić information content (AvgIpc) is 2.99. The number of carbonyl (C=O) groups is 2. The molecule has 202 valence electrons. The van der Waals surface area contributed by atoms with Crippen molar-refractivity contribution in [3.8, 4) is 11.3 Å². The van der Waals surface area contributed by atoms with Crippen LogP contribution in [0, 0.1) is 5.92 Å². The number of anilines is 3. The van der Waals surface area contributed by atoms with E-state index in [-0.39, 0.29) is 12.8 Å². The Morgan fingerprint density at radius 2 is 1.88 bits per heavy atom. The Hall–Kier alpha value is -4.96. The number of carboxylic acids is 1. The number of benzene rings is 1. The predicted molar refractivity (Wildman–Crippen MR) is 153 cm³/mol. The van der Waals surface area contributed by atoms with E-state index in [1.54, 1.807) is 36.9 Å². The minimum Gasteiger partial charge on any atom is -0.481 e. The zero-order valence-electron chi connectivity index (χ0n) is 21.7. The molecule has 1 aliphatic rings. The van der Waals surface area contributed by atoms with Gasteiger partial charge in [-0.25, -0.2) is 9.97 Å². The standard InChI is InChI=1S/C30H29N7O3/c38-28(18-23(30(39)40)16-20-4-2-1-3-5-20)35-24-6-7-26(36-27-19-32-14-15-34-27)37-29(24)22-10-13-33-25(17-22)21-8-11-31-12-9-21/h1-8,10,13-15,17,19,23,31H,9,11-12,16,18H2,(H,35,38)(H,39,40)(H,34,36,37)/t23-/m0/s1. The van der Waals surface area contributed by atoms with E-state index >= 15 is 0 Å². The van der Waals surface area contributed by atoms with Crippen LogP contribution in [0.25, 0.3) is 16.8 Å². The molecule has 10 heteroatoms. The maximum Gasteiger partial charge on any atom is 0.307 e. The lowest BCUT2D eigenvalue weighted by Gasteiger charge is -2.17. The molecule has 0 radical (unpaired) electrons. The summed E-state index contributed by atoms with van der Waals surface area (Å²) in [6.07, 6.45) is 9.54. The van der Waals surface area contributed by atoms with Gasteiger partial charge in [-0.1, -0.05) is 36.4 Å². The van der Waals surface area contributed by atoms with Crippen molar-refractivity contribution in [2.24, 2.45) is 5.92 Å². The third-order valence-electron chi connectivity index (χ3n) is 6.52. The number of hydrogen-bond acceptors (Lipinski definition) is 8. The van der Waals surface area contributed by atoms with E-state index in [0.717, 1.165) is 41.9 Å². The smallest absolute Gasteiger partial charge is 0.307 e. The van der Waals surface area contributed by atoms with Gasteiger partial charge in [0.2, 0.25) is 5.91 Å². The summed E-state index contributed by atoms with van der Waals surface area (Å²) in [7, 11) is 0. The molecule has 0 aliphatic carbocycles. The van der Waals surface area contributed by atoms with Crippen LogP contribution in [0.3, 0.4) is 0 Å². The number of carbonyl (C=O) groups excluding carboxylic acids is 1. The summed E-state index contributed by atoms with van der Waals surface area (Å²) >= 11 is 0. The van der Waals surface area contributed by atoms with Crippen LogP contribution in [0.15, 0.2) is 85.5 Å². The van der Waals surface area contributed by atoms with Crippen LogP contribution in [0.5, 0.6) is 0 Å². The molecule has 10 nitrogen and oxygen atoms in total. The molecule has 0 fully saturated rings. The highest BCUT2D eigenvalue weighted by Gasteiger charge is 2.23. The third-order valence-corrected chi connectivity index (χ3v) is 6.52. The fourth-order valence-corrected chi connectivity index (χ4v) is 4.52. The van der Waals surface area contributed by atoms with Crippen molar-refractivity contribution in [3.63, 3.8) is 0 Å². The van der Waals surface area contributed by atoms with Crippen molar-refractivity contribution in [2.45, 2.75) is 19.3 Å². The summed E-state index contributed by atoms with van der Waals surface area (Å²) in [6, 6.07) is 16.6. The topological polar surface area (TPSA) is 142 Å². The van der Waals surface area contributed by atoms with Crippen LogP contribution < -0.4 is 16.0 Å². The molecule has 3 aromatic heterocycles. The molecule has 0 spiro atoms. The van der Waals surface area contributed by atoms with Crippen LogP contribution in [-0.4, -0.2) is 50.0 Å². The second-order valence-electron chi connectivity index (χ2n) is 9.40. The predicted octanol–water partition coefficient (Wildman–Crippen LogP) is 4.33. The van der Waals surface area contributed by atoms with Crippen LogP contribution in [0.2, 0.25) is 0 Å². The largest absolute Gasteiger partial charge is 0.481 e. The monoisotopic (exact) mass is 535 g/mol. The van der Waals surface area contributed by atoms with Crippen molar-refractivity contribution in [3.05, 3.63) is 96.7 Å². The molecule has 0 unspecified atom stereocenters. The number of aromatic nitrogens is 4. The summed E-state index contributed by atoms with van der Waals surface area (Å²) in [4.78, 5) is 42.8. The molecule has 40 heavy (non-hydrogen) atoms. The SMILES string of the molecule is O=C(C[C@H](Cc1ccccc1)C(=O)O)Nc1ccc(Nc2cnccn2)nc1-c1ccnc(C2=CCNCC2)c1. The van der Waals surface area contributed by atoms with Gasteiger partial charge in [-0.15, -0.1) is 0 Å². The van der Waals surface area contributed by atoms with Crippen molar-refractivity contribution < 1.29 is 14.7 Å². The average molecular weight is 536 g/mol. The van der Waals surface area contributed by atoms with Gasteiger partial charge in [0.1, 0.15) is 11.6 Å². The number of nitrogens with one attached hydrogen (secondary N) is 3. The van der Waals surface area contributed by atoms with E-state index in [2.05, 4.69) is 37.0 Å². The number of nitrogens with zero attached hydrogens (tertiary/aromatic N) is 4. The first-order valence-corrected chi connectivity index (χ1v) is 13.0. The number of rotatable bonds is 10. The van der Waals surface area contributed by atoms with Gasteiger partial charge >= 0.3 is 5.97 Å². The zero-order valence-corrected chi connectivity index (χ0v) is 21.7. The number of amides is 1. The van der Waals surface area contributed by atoms with Gasteiger partial charge in [0.25, 0.3) is 0 Å². The van der Waals surface area contributed by atoms with Crippen LogP contribution in [0.4, 0.5) is 17.3 Å². The van der Waals surface area contributed by atoms with Crippen molar-refractivity contribution in [1.82, 2.24) is 25.3 Å². The first kappa shape index (κ1) is 26.6. The summed E-state index contributed by atoms with van der Waals surface area (Å²) < 4.78 is 0. The summed E-state index contributed by atoms with van der Waals surface area (Å²) in [5.74, 6) is -1.25. The van der Waals surface area contributed by atoms with Crippen molar-refractivity contribution in [1.29, 1.82) is 0 Å². The van der Waals surface area contributed by atoms with E-state index in [4.69, 9.17) is 4.98 Å². The van der Waals surface area contributed by atoms with E-state index < -0.39 is 17.8 Å². The number of pyridine rings is 2. The highest BCUT2D eigenvalue weighted by atomic mass is 16.4. The molecule has 4 aromatic rings. The molecule has 1 atom stereocenters. The molecule has 4 heterocycles. The van der Waals surface area contributed by atoms with Gasteiger partial charge in [-0.3, -0.25) is 19.6 Å². The number of carboxylic acid groups (broad SMARTS) is 1.